The van der Waals surface area contributed by atoms with Gasteiger partial charge < -0.3 is 9.87 Å². The van der Waals surface area contributed by atoms with Crippen molar-refractivity contribution in [2.75, 3.05) is 18.0 Å². The van der Waals surface area contributed by atoms with Crippen LogP contribution in [-0.4, -0.2) is 61.8 Å². The van der Waals surface area contributed by atoms with E-state index in [0.29, 0.717) is 11.0 Å². The number of carbonyl (C=O) groups excluding carboxylic acids is 2. The van der Waals surface area contributed by atoms with E-state index in [4.69, 9.17) is 0 Å². The Labute approximate surface area is 168 Å². The van der Waals surface area contributed by atoms with Gasteiger partial charge in [0.2, 0.25) is 0 Å². The number of hydrogen-bond donors (Lipinski definition) is 3. The molecule has 1 aromatic carbocycles. The van der Waals surface area contributed by atoms with Crippen LogP contribution in [0, 0.1) is 0 Å². The predicted octanol–water partition coefficient (Wildman–Crippen LogP) is 1.33. The Morgan fingerprint density at radius 1 is 1.15 bits per heavy atom. The number of carbonyl (C=O) groups is 2. The molecular weight excluding hydrogens is 497 g/mol. The third kappa shape index (κ3) is 6.46. The number of ketones is 2. The van der Waals surface area contributed by atoms with Gasteiger partial charge in [-0.2, -0.15) is 8.42 Å². The molecule has 8 nitrogen and oxygen atoms in total. The molecule has 0 amide bonds. The maximum absolute atomic E-state index is 12.4. The Hall–Kier alpha value is -0.730. The highest BCUT2D eigenvalue weighted by Gasteiger charge is 2.31. The molecule has 0 saturated heterocycles. The van der Waals surface area contributed by atoms with Gasteiger partial charge in [0.25, 0.3) is 10.1 Å². The summed E-state index contributed by atoms with van der Waals surface area (Å²) in [4.78, 5) is 24.7. The molecule has 1 rings (SSSR count). The summed E-state index contributed by atoms with van der Waals surface area (Å²) in [6.07, 6.45) is 0.133. The van der Waals surface area contributed by atoms with Crippen molar-refractivity contribution in [2.45, 2.75) is 23.3 Å². The van der Waals surface area contributed by atoms with Crippen molar-refractivity contribution in [3.8, 4) is 0 Å². The molecule has 146 valence electrons. The average Bonchev–Trinajstić information content (AvgIpc) is 2.58. The molecule has 0 saturated carbocycles. The zero-order valence-corrected chi connectivity index (χ0v) is 17.7. The molecule has 0 aliphatic heterocycles. The Kier molecular flexibility index (Phi) is 9.47. The minimum absolute atomic E-state index is 0.0332. The van der Waals surface area contributed by atoms with E-state index in [9.17, 15) is 31.3 Å². The van der Waals surface area contributed by atoms with Crippen molar-refractivity contribution >= 4 is 55.4 Å². The first-order valence-electron chi connectivity index (χ1n) is 7.58. The SMILES string of the molecule is CNCCC(C(=O)c1ccc(C(=O)C(CCI)S(=O)(=O)O)cc1)S(=O)O. The summed E-state index contributed by atoms with van der Waals surface area (Å²) in [5.74, 6) is -1.31. The number of rotatable bonds is 11. The van der Waals surface area contributed by atoms with Gasteiger partial charge >= 0.3 is 0 Å². The van der Waals surface area contributed by atoms with E-state index in [1.807, 2.05) is 22.6 Å². The normalized spacial score (nSPS) is 15.2. The number of hydrogen-bond acceptors (Lipinski definition) is 6. The first-order chi connectivity index (χ1) is 12.1. The number of benzene rings is 1. The van der Waals surface area contributed by atoms with Crippen LogP contribution in [-0.2, 0) is 21.2 Å². The van der Waals surface area contributed by atoms with Gasteiger partial charge in [0, 0.05) is 15.6 Å². The summed E-state index contributed by atoms with van der Waals surface area (Å²) in [6.45, 7) is 0.381. The van der Waals surface area contributed by atoms with Crippen molar-refractivity contribution in [3.05, 3.63) is 35.4 Å². The lowest BCUT2D eigenvalue weighted by molar-refractivity contribution is 0.0971. The Morgan fingerprint density at radius 3 is 2.04 bits per heavy atom. The third-order valence-corrected chi connectivity index (χ3v) is 6.40. The molecule has 0 heterocycles. The highest BCUT2D eigenvalue weighted by Crippen LogP contribution is 2.17. The van der Waals surface area contributed by atoms with Crippen LogP contribution >= 0.6 is 22.6 Å². The lowest BCUT2D eigenvalue weighted by Crippen LogP contribution is -2.31. The molecule has 3 atom stereocenters. The first-order valence-corrected chi connectivity index (χ1v) is 11.8. The molecule has 0 aromatic heterocycles. The van der Waals surface area contributed by atoms with Crippen molar-refractivity contribution < 1.29 is 31.3 Å². The molecule has 11 heteroatoms. The smallest absolute Gasteiger partial charge is 0.275 e. The molecule has 0 radical (unpaired) electrons. The quantitative estimate of drug-likeness (QED) is 0.132. The minimum atomic E-state index is -4.54. The van der Waals surface area contributed by atoms with Crippen molar-refractivity contribution in [1.29, 1.82) is 0 Å². The van der Waals surface area contributed by atoms with E-state index in [1.54, 1.807) is 7.05 Å². The average molecular weight is 517 g/mol. The monoisotopic (exact) mass is 517 g/mol. The maximum Gasteiger partial charge on any atom is 0.275 e. The van der Waals surface area contributed by atoms with Crippen LogP contribution in [0.1, 0.15) is 33.6 Å². The van der Waals surface area contributed by atoms with Crippen LogP contribution < -0.4 is 5.32 Å². The largest absolute Gasteiger partial charge is 0.320 e. The fraction of sp³-hybridized carbons (Fsp3) is 0.467. The molecule has 26 heavy (non-hydrogen) atoms. The second kappa shape index (κ2) is 10.6. The van der Waals surface area contributed by atoms with E-state index in [1.165, 1.54) is 24.3 Å². The van der Waals surface area contributed by atoms with Gasteiger partial charge in [0.15, 0.2) is 22.6 Å². The Morgan fingerprint density at radius 2 is 1.65 bits per heavy atom. The fourth-order valence-electron chi connectivity index (χ4n) is 2.28. The summed E-state index contributed by atoms with van der Waals surface area (Å²) >= 11 is -0.438. The van der Waals surface area contributed by atoms with Crippen LogP contribution in [0.25, 0.3) is 0 Å². The Balaban J connectivity index is 3.05. The molecule has 0 aliphatic carbocycles. The molecule has 1 aromatic rings. The van der Waals surface area contributed by atoms with E-state index < -0.39 is 43.3 Å². The molecule has 3 N–H and O–H groups in total. The number of nitrogens with one attached hydrogen (secondary N) is 1. The second-order valence-corrected chi connectivity index (χ2v) is 9.24. The van der Waals surface area contributed by atoms with Gasteiger partial charge in [-0.1, -0.05) is 46.9 Å². The molecular formula is C15H20INO7S2. The molecule has 0 fully saturated rings. The van der Waals surface area contributed by atoms with E-state index >= 15 is 0 Å². The maximum atomic E-state index is 12.4. The van der Waals surface area contributed by atoms with Crippen LogP contribution in [0.3, 0.4) is 0 Å². The van der Waals surface area contributed by atoms with Crippen molar-refractivity contribution in [3.63, 3.8) is 0 Å². The first kappa shape index (κ1) is 23.3. The van der Waals surface area contributed by atoms with Gasteiger partial charge in [0.05, 0.1) is 0 Å². The van der Waals surface area contributed by atoms with Crippen LogP contribution in [0.2, 0.25) is 0 Å². The highest BCUT2D eigenvalue weighted by molar-refractivity contribution is 14.1. The number of halogens is 1. The van der Waals surface area contributed by atoms with Gasteiger partial charge in [-0.15, -0.1) is 0 Å². The lowest BCUT2D eigenvalue weighted by Gasteiger charge is -2.13. The fourth-order valence-corrected chi connectivity index (χ4v) is 4.79. The van der Waals surface area contributed by atoms with Gasteiger partial charge in [-0.3, -0.25) is 14.1 Å². The van der Waals surface area contributed by atoms with Gasteiger partial charge in [-0.25, -0.2) is 4.21 Å². The topological polar surface area (TPSA) is 138 Å². The molecule has 3 unspecified atom stereocenters. The van der Waals surface area contributed by atoms with Crippen molar-refractivity contribution in [1.82, 2.24) is 5.32 Å². The molecule has 0 spiro atoms. The van der Waals surface area contributed by atoms with Crippen molar-refractivity contribution in [2.24, 2.45) is 0 Å². The summed E-state index contributed by atoms with van der Waals surface area (Å²) in [6, 6.07) is 5.16. The summed E-state index contributed by atoms with van der Waals surface area (Å²) < 4.78 is 53.0. The zero-order chi connectivity index (χ0) is 19.9. The molecule has 0 bridgehead atoms. The lowest BCUT2D eigenvalue weighted by atomic mass is 10.0. The standard InChI is InChI=1S/C15H20INO7S2/c1-17-9-7-12(25(20)21)14(18)10-2-4-11(5-3-10)15(19)13(6-8-16)26(22,23)24/h2-5,12-13,17H,6-9H2,1H3,(H,20,21)(H,22,23,24). The third-order valence-electron chi connectivity index (χ3n) is 3.67. The predicted molar refractivity (Wildman–Crippen MR) is 107 cm³/mol. The molecule has 0 aliphatic rings. The zero-order valence-electron chi connectivity index (χ0n) is 13.9. The van der Waals surface area contributed by atoms with E-state index in [2.05, 4.69) is 5.32 Å². The van der Waals surface area contributed by atoms with E-state index in [-0.39, 0.29) is 24.0 Å². The van der Waals surface area contributed by atoms with Gasteiger partial charge in [-0.05, 0) is 26.4 Å². The second-order valence-electron chi connectivity index (χ2n) is 5.44. The van der Waals surface area contributed by atoms with Crippen LogP contribution in [0.15, 0.2) is 24.3 Å². The summed E-state index contributed by atoms with van der Waals surface area (Å²) in [7, 11) is -2.88. The summed E-state index contributed by atoms with van der Waals surface area (Å²) in [5, 5.41) is 0.134. The van der Waals surface area contributed by atoms with Crippen LogP contribution in [0.4, 0.5) is 0 Å². The highest BCUT2D eigenvalue weighted by atomic mass is 127. The van der Waals surface area contributed by atoms with Gasteiger partial charge in [0.1, 0.15) is 10.5 Å². The van der Waals surface area contributed by atoms with E-state index in [0.717, 1.165) is 0 Å². The number of alkyl halides is 1. The summed E-state index contributed by atoms with van der Waals surface area (Å²) in [5.41, 5.74) is 0.174. The minimum Gasteiger partial charge on any atom is -0.320 e. The van der Waals surface area contributed by atoms with Crippen LogP contribution in [0.5, 0.6) is 0 Å². The number of Topliss-reactive ketones (excluding diaryl/α,β-unsaturated/α-hetero) is 2. The Bertz CT molecular complexity index is 765.